The summed E-state index contributed by atoms with van der Waals surface area (Å²) in [5, 5.41) is 4.44. The highest BCUT2D eigenvalue weighted by Gasteiger charge is 2.27. The third-order valence-electron chi connectivity index (χ3n) is 3.79. The van der Waals surface area contributed by atoms with Crippen LogP contribution in [-0.4, -0.2) is 13.7 Å². The Morgan fingerprint density at radius 3 is 2.65 bits per heavy atom. The number of nitrogens with one attached hydrogen (secondary N) is 1. The summed E-state index contributed by atoms with van der Waals surface area (Å²) in [4.78, 5) is 0. The Balaban J connectivity index is 2.71. The Hall–Kier alpha value is -0.730. The van der Waals surface area contributed by atoms with E-state index in [0.29, 0.717) is 6.04 Å². The zero-order chi connectivity index (χ0) is 12.6. The first-order chi connectivity index (χ1) is 8.11. The molecule has 2 nitrogen and oxygen atoms in total. The van der Waals surface area contributed by atoms with Gasteiger partial charge in [-0.05, 0) is 49.9 Å². The maximum absolute atomic E-state index is 6.52. The van der Waals surface area contributed by atoms with Crippen molar-refractivity contribution >= 4 is 11.6 Å². The van der Waals surface area contributed by atoms with Crippen molar-refractivity contribution in [2.75, 3.05) is 13.7 Å². The van der Waals surface area contributed by atoms with Crippen LogP contribution in [0.5, 0.6) is 5.75 Å². The molecule has 17 heavy (non-hydrogen) atoms. The van der Waals surface area contributed by atoms with Crippen LogP contribution in [0.3, 0.4) is 0 Å². The molecule has 1 aliphatic rings. The first-order valence-electron chi connectivity index (χ1n) is 6.20. The number of hydrogen-bond acceptors (Lipinski definition) is 2. The van der Waals surface area contributed by atoms with E-state index >= 15 is 0 Å². The van der Waals surface area contributed by atoms with Gasteiger partial charge in [0.2, 0.25) is 0 Å². The molecule has 1 aliphatic heterocycles. The average Bonchev–Trinajstić information content (AvgIpc) is 2.36. The highest BCUT2D eigenvalue weighted by molar-refractivity contribution is 6.32. The second-order valence-electron chi connectivity index (χ2n) is 4.65. The normalized spacial score (nSPS) is 19.0. The molecular weight excluding hydrogens is 234 g/mol. The zero-order valence-electron chi connectivity index (χ0n) is 11.0. The minimum atomic E-state index is 0.361. The lowest BCUT2D eigenvalue weighted by atomic mass is 9.88. The summed E-state index contributed by atoms with van der Waals surface area (Å²) in [6, 6.07) is 0.361. The van der Waals surface area contributed by atoms with E-state index in [0.717, 1.165) is 35.7 Å². The third-order valence-corrected chi connectivity index (χ3v) is 4.28. The number of benzene rings is 1. The lowest BCUT2D eigenvalue weighted by molar-refractivity contribution is 0.396. The van der Waals surface area contributed by atoms with Gasteiger partial charge in [-0.2, -0.15) is 0 Å². The summed E-state index contributed by atoms with van der Waals surface area (Å²) < 4.78 is 5.59. The Bertz CT molecular complexity index is 443. The second kappa shape index (κ2) is 4.87. The SMILES string of the molecule is CCC1NCCc2c(OC)c(C)c(C)c(Cl)c21. The second-order valence-corrected chi connectivity index (χ2v) is 5.03. The van der Waals surface area contributed by atoms with Crippen LogP contribution in [0.15, 0.2) is 0 Å². The molecule has 3 heteroatoms. The molecule has 94 valence electrons. The van der Waals surface area contributed by atoms with Gasteiger partial charge in [-0.15, -0.1) is 0 Å². The van der Waals surface area contributed by atoms with Crippen LogP contribution in [0.2, 0.25) is 5.02 Å². The van der Waals surface area contributed by atoms with E-state index in [9.17, 15) is 0 Å². The van der Waals surface area contributed by atoms with Gasteiger partial charge in [0.05, 0.1) is 7.11 Å². The molecular formula is C14H20ClNO. The van der Waals surface area contributed by atoms with E-state index in [1.165, 1.54) is 16.7 Å². The summed E-state index contributed by atoms with van der Waals surface area (Å²) in [7, 11) is 1.75. The van der Waals surface area contributed by atoms with Crippen molar-refractivity contribution in [3.63, 3.8) is 0 Å². The van der Waals surface area contributed by atoms with Crippen molar-refractivity contribution in [3.05, 3.63) is 27.3 Å². The molecule has 0 bridgehead atoms. The molecule has 0 radical (unpaired) electrons. The highest BCUT2D eigenvalue weighted by Crippen LogP contribution is 2.41. The predicted molar refractivity (Wildman–Crippen MR) is 72.2 cm³/mol. The Kier molecular flexibility index (Phi) is 3.64. The number of halogens is 1. The number of methoxy groups -OCH3 is 1. The van der Waals surface area contributed by atoms with E-state index in [1.54, 1.807) is 7.11 Å². The summed E-state index contributed by atoms with van der Waals surface area (Å²) in [5.41, 5.74) is 4.86. The maximum Gasteiger partial charge on any atom is 0.125 e. The number of fused-ring (bicyclic) bond motifs is 1. The minimum absolute atomic E-state index is 0.361. The molecule has 2 rings (SSSR count). The zero-order valence-corrected chi connectivity index (χ0v) is 11.7. The Morgan fingerprint density at radius 2 is 2.06 bits per heavy atom. The molecule has 1 heterocycles. The van der Waals surface area contributed by atoms with Gasteiger partial charge < -0.3 is 10.1 Å². The van der Waals surface area contributed by atoms with Gasteiger partial charge in [0.1, 0.15) is 5.75 Å². The van der Waals surface area contributed by atoms with Crippen LogP contribution >= 0.6 is 11.6 Å². The lowest BCUT2D eigenvalue weighted by Gasteiger charge is -2.30. The molecule has 1 unspecified atom stereocenters. The molecule has 1 aromatic carbocycles. The summed E-state index contributed by atoms with van der Waals surface area (Å²) in [5.74, 6) is 1.03. The smallest absolute Gasteiger partial charge is 0.125 e. The van der Waals surface area contributed by atoms with Gasteiger partial charge in [0.15, 0.2) is 0 Å². The molecule has 0 aliphatic carbocycles. The fourth-order valence-corrected chi connectivity index (χ4v) is 3.12. The van der Waals surface area contributed by atoms with E-state index in [2.05, 4.69) is 26.1 Å². The standard InChI is InChI=1S/C14H20ClNO/c1-5-11-12-10(6-7-16-11)14(17-4)9(3)8(2)13(12)15/h11,16H,5-7H2,1-4H3. The van der Waals surface area contributed by atoms with Gasteiger partial charge in [-0.1, -0.05) is 18.5 Å². The molecule has 0 amide bonds. The molecule has 0 spiro atoms. The van der Waals surface area contributed by atoms with Crippen molar-refractivity contribution in [3.8, 4) is 5.75 Å². The molecule has 1 aromatic rings. The summed E-state index contributed by atoms with van der Waals surface area (Å²) in [6.45, 7) is 7.34. The van der Waals surface area contributed by atoms with Crippen molar-refractivity contribution < 1.29 is 4.74 Å². The van der Waals surface area contributed by atoms with Crippen LogP contribution in [0, 0.1) is 13.8 Å². The van der Waals surface area contributed by atoms with E-state index < -0.39 is 0 Å². The van der Waals surface area contributed by atoms with E-state index in [-0.39, 0.29) is 0 Å². The molecule has 0 saturated carbocycles. The van der Waals surface area contributed by atoms with Crippen molar-refractivity contribution in [1.29, 1.82) is 0 Å². The number of rotatable bonds is 2. The Morgan fingerprint density at radius 1 is 1.35 bits per heavy atom. The fourth-order valence-electron chi connectivity index (χ4n) is 2.73. The van der Waals surface area contributed by atoms with Crippen LogP contribution in [0.1, 0.15) is 41.6 Å². The third kappa shape index (κ3) is 1.94. The van der Waals surface area contributed by atoms with Gasteiger partial charge in [0.25, 0.3) is 0 Å². The predicted octanol–water partition coefficient (Wildman–Crippen LogP) is 3.56. The van der Waals surface area contributed by atoms with Crippen LogP contribution in [0.25, 0.3) is 0 Å². The maximum atomic E-state index is 6.52. The first kappa shape index (κ1) is 12.7. The van der Waals surface area contributed by atoms with Gasteiger partial charge in [0, 0.05) is 16.6 Å². The number of ether oxygens (including phenoxy) is 1. The van der Waals surface area contributed by atoms with Gasteiger partial charge in [-0.25, -0.2) is 0 Å². The molecule has 1 N–H and O–H groups in total. The first-order valence-corrected chi connectivity index (χ1v) is 6.58. The van der Waals surface area contributed by atoms with Crippen LogP contribution in [-0.2, 0) is 6.42 Å². The largest absolute Gasteiger partial charge is 0.496 e. The van der Waals surface area contributed by atoms with Crippen molar-refractivity contribution in [2.24, 2.45) is 0 Å². The molecule has 0 fully saturated rings. The highest BCUT2D eigenvalue weighted by atomic mass is 35.5. The summed E-state index contributed by atoms with van der Waals surface area (Å²) >= 11 is 6.52. The van der Waals surface area contributed by atoms with Crippen LogP contribution in [0.4, 0.5) is 0 Å². The van der Waals surface area contributed by atoms with E-state index in [4.69, 9.17) is 16.3 Å². The topological polar surface area (TPSA) is 21.3 Å². The Labute approximate surface area is 108 Å². The minimum Gasteiger partial charge on any atom is -0.496 e. The fraction of sp³-hybridized carbons (Fsp3) is 0.571. The quantitative estimate of drug-likeness (QED) is 0.870. The van der Waals surface area contributed by atoms with Gasteiger partial charge in [-0.3, -0.25) is 0 Å². The average molecular weight is 254 g/mol. The van der Waals surface area contributed by atoms with Crippen molar-refractivity contribution in [1.82, 2.24) is 5.32 Å². The van der Waals surface area contributed by atoms with Crippen LogP contribution < -0.4 is 10.1 Å². The summed E-state index contributed by atoms with van der Waals surface area (Å²) in [6.07, 6.45) is 2.05. The molecule has 0 saturated heterocycles. The molecule has 1 atom stereocenters. The molecule has 0 aromatic heterocycles. The van der Waals surface area contributed by atoms with E-state index in [1.807, 2.05) is 0 Å². The monoisotopic (exact) mass is 253 g/mol. The van der Waals surface area contributed by atoms with Gasteiger partial charge >= 0.3 is 0 Å². The number of hydrogen-bond donors (Lipinski definition) is 1. The van der Waals surface area contributed by atoms with Crippen molar-refractivity contribution in [2.45, 2.75) is 39.7 Å². The lowest BCUT2D eigenvalue weighted by Crippen LogP contribution is -2.30.